The van der Waals surface area contributed by atoms with E-state index in [1.54, 1.807) is 0 Å². The van der Waals surface area contributed by atoms with Gasteiger partial charge in [0.25, 0.3) is 0 Å². The number of benzene rings is 1. The highest BCUT2D eigenvalue weighted by atomic mass is 16.1. The van der Waals surface area contributed by atoms with Crippen LogP contribution in [0.15, 0.2) is 30.3 Å². The first-order valence-electron chi connectivity index (χ1n) is 6.09. The van der Waals surface area contributed by atoms with E-state index in [0.717, 1.165) is 32.4 Å². The number of Topliss-reactive ketones (excluding diaryl/α,β-unsaturated/α-hetero) is 1. The van der Waals surface area contributed by atoms with Gasteiger partial charge in [-0.3, -0.25) is 9.69 Å². The molecule has 2 heteroatoms. The molecule has 1 saturated heterocycles. The Morgan fingerprint density at radius 1 is 1.31 bits per heavy atom. The second-order valence-electron chi connectivity index (χ2n) is 4.51. The smallest absolute Gasteiger partial charge is 0.135 e. The van der Waals surface area contributed by atoms with Crippen molar-refractivity contribution in [3.05, 3.63) is 35.9 Å². The van der Waals surface area contributed by atoms with Crippen molar-refractivity contribution in [2.45, 2.75) is 38.8 Å². The molecule has 1 aliphatic rings. The Kier molecular flexibility index (Phi) is 3.73. The van der Waals surface area contributed by atoms with Gasteiger partial charge in [-0.15, -0.1) is 0 Å². The van der Waals surface area contributed by atoms with E-state index in [0.29, 0.717) is 11.8 Å². The van der Waals surface area contributed by atoms with Gasteiger partial charge in [0.1, 0.15) is 5.78 Å². The van der Waals surface area contributed by atoms with Crippen LogP contribution in [0, 0.1) is 0 Å². The fourth-order valence-electron chi connectivity index (χ4n) is 2.37. The van der Waals surface area contributed by atoms with E-state index in [9.17, 15) is 4.79 Å². The average molecular weight is 217 g/mol. The number of likely N-dealkylation sites (tertiary alicyclic amines) is 1. The van der Waals surface area contributed by atoms with E-state index in [2.05, 4.69) is 36.1 Å². The molecule has 1 aromatic rings. The van der Waals surface area contributed by atoms with Crippen LogP contribution in [-0.4, -0.2) is 23.3 Å². The topological polar surface area (TPSA) is 20.3 Å². The van der Waals surface area contributed by atoms with Gasteiger partial charge in [0.15, 0.2) is 0 Å². The van der Waals surface area contributed by atoms with E-state index < -0.39 is 0 Å². The fourth-order valence-corrected chi connectivity index (χ4v) is 2.37. The summed E-state index contributed by atoms with van der Waals surface area (Å²) in [7, 11) is 0. The molecule has 0 bridgehead atoms. The van der Waals surface area contributed by atoms with Gasteiger partial charge in [0.2, 0.25) is 0 Å². The second kappa shape index (κ2) is 5.26. The van der Waals surface area contributed by atoms with Gasteiger partial charge in [0, 0.05) is 32.0 Å². The number of carbonyl (C=O) groups is 1. The van der Waals surface area contributed by atoms with Gasteiger partial charge in [0.05, 0.1) is 0 Å². The van der Waals surface area contributed by atoms with Crippen LogP contribution in [0.3, 0.4) is 0 Å². The molecule has 0 radical (unpaired) electrons. The fraction of sp³-hybridized carbons (Fsp3) is 0.500. The van der Waals surface area contributed by atoms with Gasteiger partial charge in [-0.1, -0.05) is 37.3 Å². The lowest BCUT2D eigenvalue weighted by Crippen LogP contribution is -2.41. The molecule has 1 aliphatic heterocycles. The highest BCUT2D eigenvalue weighted by molar-refractivity contribution is 5.79. The van der Waals surface area contributed by atoms with E-state index in [4.69, 9.17) is 0 Å². The van der Waals surface area contributed by atoms with E-state index in [1.165, 1.54) is 5.56 Å². The highest BCUT2D eigenvalue weighted by Crippen LogP contribution is 2.19. The lowest BCUT2D eigenvalue weighted by atomic mass is 9.98. The molecule has 0 aromatic heterocycles. The molecule has 16 heavy (non-hydrogen) atoms. The third-order valence-electron chi connectivity index (χ3n) is 3.36. The van der Waals surface area contributed by atoms with Crippen molar-refractivity contribution in [1.82, 2.24) is 4.90 Å². The van der Waals surface area contributed by atoms with Crippen LogP contribution in [0.5, 0.6) is 0 Å². The molecule has 0 saturated carbocycles. The van der Waals surface area contributed by atoms with Gasteiger partial charge in [-0.25, -0.2) is 0 Å². The zero-order chi connectivity index (χ0) is 11.4. The highest BCUT2D eigenvalue weighted by Gasteiger charge is 2.25. The van der Waals surface area contributed by atoms with Crippen molar-refractivity contribution in [1.29, 1.82) is 0 Å². The molecule has 0 aliphatic carbocycles. The average Bonchev–Trinajstić information content (AvgIpc) is 2.33. The van der Waals surface area contributed by atoms with Crippen molar-refractivity contribution in [3.8, 4) is 0 Å². The Balaban J connectivity index is 2.01. The third-order valence-corrected chi connectivity index (χ3v) is 3.36. The van der Waals surface area contributed by atoms with Crippen LogP contribution in [0.4, 0.5) is 0 Å². The summed E-state index contributed by atoms with van der Waals surface area (Å²) in [5, 5.41) is 0. The molecule has 0 N–H and O–H groups in total. The Morgan fingerprint density at radius 2 is 2.06 bits per heavy atom. The van der Waals surface area contributed by atoms with Gasteiger partial charge in [-0.2, -0.15) is 0 Å². The number of rotatable bonds is 3. The van der Waals surface area contributed by atoms with Crippen LogP contribution in [0.2, 0.25) is 0 Å². The van der Waals surface area contributed by atoms with Crippen molar-refractivity contribution < 1.29 is 4.79 Å². The minimum atomic E-state index is 0.427. The Bertz CT molecular complexity index is 347. The zero-order valence-corrected chi connectivity index (χ0v) is 9.86. The minimum absolute atomic E-state index is 0.427. The number of hydrogen-bond donors (Lipinski definition) is 0. The summed E-state index contributed by atoms with van der Waals surface area (Å²) < 4.78 is 0. The zero-order valence-electron chi connectivity index (χ0n) is 9.86. The maximum Gasteiger partial charge on any atom is 0.135 e. The number of hydrogen-bond acceptors (Lipinski definition) is 2. The molecular weight excluding hydrogens is 198 g/mol. The number of carbonyl (C=O) groups excluding carboxylic acids is 1. The second-order valence-corrected chi connectivity index (χ2v) is 4.51. The van der Waals surface area contributed by atoms with Crippen LogP contribution in [-0.2, 0) is 11.3 Å². The molecular formula is C14H19NO. The van der Waals surface area contributed by atoms with Crippen LogP contribution in [0.25, 0.3) is 0 Å². The summed E-state index contributed by atoms with van der Waals surface area (Å²) in [6, 6.07) is 10.9. The largest absolute Gasteiger partial charge is 0.300 e. The summed E-state index contributed by atoms with van der Waals surface area (Å²) in [4.78, 5) is 13.8. The Morgan fingerprint density at radius 3 is 2.75 bits per heavy atom. The first-order chi connectivity index (χ1) is 7.79. The standard InChI is InChI=1S/C14H19NO/c1-2-13-10-14(16)8-9-15(13)11-12-6-4-3-5-7-12/h3-7,13H,2,8-11H2,1H3/t13-/m0/s1. The molecule has 0 amide bonds. The number of ketones is 1. The van der Waals surface area contributed by atoms with Gasteiger partial charge < -0.3 is 0 Å². The van der Waals surface area contributed by atoms with Crippen molar-refractivity contribution >= 4 is 5.78 Å². The molecule has 0 spiro atoms. The maximum absolute atomic E-state index is 11.4. The molecule has 1 aromatic carbocycles. The van der Waals surface area contributed by atoms with Gasteiger partial charge in [-0.05, 0) is 12.0 Å². The monoisotopic (exact) mass is 217 g/mol. The first-order valence-corrected chi connectivity index (χ1v) is 6.09. The van der Waals surface area contributed by atoms with E-state index in [-0.39, 0.29) is 0 Å². The lowest BCUT2D eigenvalue weighted by molar-refractivity contribution is -0.123. The van der Waals surface area contributed by atoms with Crippen molar-refractivity contribution in [2.75, 3.05) is 6.54 Å². The summed E-state index contributed by atoms with van der Waals surface area (Å²) >= 11 is 0. The summed E-state index contributed by atoms with van der Waals surface area (Å²) in [5.74, 6) is 0.427. The predicted octanol–water partition coefficient (Wildman–Crippen LogP) is 2.63. The van der Waals surface area contributed by atoms with Crippen LogP contribution < -0.4 is 0 Å². The SMILES string of the molecule is CC[C@H]1CC(=O)CCN1Cc1ccccc1. The summed E-state index contributed by atoms with van der Waals surface area (Å²) in [6.45, 7) is 4.07. The number of nitrogens with zero attached hydrogens (tertiary/aromatic N) is 1. The normalized spacial score (nSPS) is 22.3. The summed E-state index contributed by atoms with van der Waals surface area (Å²) in [6.07, 6.45) is 2.53. The lowest BCUT2D eigenvalue weighted by Gasteiger charge is -2.34. The molecule has 0 unspecified atom stereocenters. The first kappa shape index (κ1) is 11.3. The Labute approximate surface area is 97.3 Å². The Hall–Kier alpha value is -1.15. The molecule has 86 valence electrons. The predicted molar refractivity (Wildman–Crippen MR) is 65.2 cm³/mol. The molecule has 1 heterocycles. The van der Waals surface area contributed by atoms with Crippen molar-refractivity contribution in [3.63, 3.8) is 0 Å². The third kappa shape index (κ3) is 2.70. The van der Waals surface area contributed by atoms with Crippen molar-refractivity contribution in [2.24, 2.45) is 0 Å². The number of piperidine rings is 1. The van der Waals surface area contributed by atoms with E-state index in [1.807, 2.05) is 6.07 Å². The molecule has 2 nitrogen and oxygen atoms in total. The maximum atomic E-state index is 11.4. The summed E-state index contributed by atoms with van der Waals surface area (Å²) in [5.41, 5.74) is 1.34. The quantitative estimate of drug-likeness (QED) is 0.775. The molecule has 2 rings (SSSR count). The van der Waals surface area contributed by atoms with Gasteiger partial charge >= 0.3 is 0 Å². The molecule has 1 fully saturated rings. The van der Waals surface area contributed by atoms with Crippen LogP contribution in [0.1, 0.15) is 31.7 Å². The van der Waals surface area contributed by atoms with Crippen LogP contribution >= 0.6 is 0 Å². The minimum Gasteiger partial charge on any atom is -0.300 e. The van der Waals surface area contributed by atoms with E-state index >= 15 is 0 Å². The molecule has 1 atom stereocenters.